The zero-order chi connectivity index (χ0) is 15.9. The summed E-state index contributed by atoms with van der Waals surface area (Å²) >= 11 is 0. The van der Waals surface area contributed by atoms with Gasteiger partial charge in [0.25, 0.3) is 5.91 Å². The molecule has 0 radical (unpaired) electrons. The lowest BCUT2D eigenvalue weighted by molar-refractivity contribution is -0.891. The molecule has 0 aromatic carbocycles. The van der Waals surface area contributed by atoms with Crippen molar-refractivity contribution in [2.24, 2.45) is 0 Å². The SMILES string of the molecule is O=C(C[NH+]1CCCCCC1)N(C1CCCCC1)C1CCCCC1. The van der Waals surface area contributed by atoms with Crippen LogP contribution in [-0.2, 0) is 4.79 Å². The van der Waals surface area contributed by atoms with Crippen molar-refractivity contribution in [3.05, 3.63) is 0 Å². The molecule has 3 nitrogen and oxygen atoms in total. The number of hydrogen-bond acceptors (Lipinski definition) is 1. The smallest absolute Gasteiger partial charge is 0.278 e. The van der Waals surface area contributed by atoms with Crippen LogP contribution in [0.1, 0.15) is 89.9 Å². The maximum absolute atomic E-state index is 13.2. The van der Waals surface area contributed by atoms with Gasteiger partial charge in [-0.15, -0.1) is 0 Å². The van der Waals surface area contributed by atoms with E-state index in [4.69, 9.17) is 0 Å². The summed E-state index contributed by atoms with van der Waals surface area (Å²) < 4.78 is 0. The molecule has 0 spiro atoms. The molecule has 1 aliphatic heterocycles. The van der Waals surface area contributed by atoms with Gasteiger partial charge in [-0.3, -0.25) is 4.79 Å². The van der Waals surface area contributed by atoms with Crippen molar-refractivity contribution in [3.8, 4) is 0 Å². The molecule has 132 valence electrons. The Balaban J connectivity index is 1.63. The Morgan fingerprint density at radius 3 is 1.61 bits per heavy atom. The van der Waals surface area contributed by atoms with Crippen molar-refractivity contribution in [1.82, 2.24) is 4.90 Å². The van der Waals surface area contributed by atoms with Gasteiger partial charge in [0, 0.05) is 12.1 Å². The lowest BCUT2D eigenvalue weighted by atomic mass is 9.88. The van der Waals surface area contributed by atoms with Crippen LogP contribution in [0.3, 0.4) is 0 Å². The van der Waals surface area contributed by atoms with Gasteiger partial charge in [0.2, 0.25) is 0 Å². The summed E-state index contributed by atoms with van der Waals surface area (Å²) in [5.41, 5.74) is 0. The van der Waals surface area contributed by atoms with Gasteiger partial charge in [0.1, 0.15) is 0 Å². The fraction of sp³-hybridized carbons (Fsp3) is 0.950. The fourth-order valence-electron chi connectivity index (χ4n) is 5.13. The van der Waals surface area contributed by atoms with Crippen LogP contribution in [0.25, 0.3) is 0 Å². The Kier molecular flexibility index (Phi) is 6.79. The van der Waals surface area contributed by atoms with Gasteiger partial charge in [-0.2, -0.15) is 0 Å². The normalized spacial score (nSPS) is 25.9. The molecule has 1 saturated heterocycles. The molecular formula is C20H37N2O+. The number of amides is 1. The molecule has 0 aromatic rings. The molecule has 3 aliphatic rings. The quantitative estimate of drug-likeness (QED) is 0.846. The average Bonchev–Trinajstić information content (AvgIpc) is 2.86. The first-order valence-corrected chi connectivity index (χ1v) is 10.5. The van der Waals surface area contributed by atoms with E-state index in [-0.39, 0.29) is 0 Å². The number of quaternary nitrogens is 1. The number of carbonyl (C=O) groups excluding carboxylic acids is 1. The van der Waals surface area contributed by atoms with E-state index in [2.05, 4.69) is 4.90 Å². The third-order valence-electron chi connectivity index (χ3n) is 6.44. The molecular weight excluding hydrogens is 284 g/mol. The molecule has 1 heterocycles. The summed E-state index contributed by atoms with van der Waals surface area (Å²) in [6, 6.07) is 1.12. The summed E-state index contributed by atoms with van der Waals surface area (Å²) in [4.78, 5) is 17.2. The van der Waals surface area contributed by atoms with Crippen LogP contribution in [0.2, 0.25) is 0 Å². The second-order valence-corrected chi connectivity index (χ2v) is 8.23. The van der Waals surface area contributed by atoms with E-state index in [0.717, 1.165) is 6.54 Å². The molecule has 2 aliphatic carbocycles. The molecule has 3 heteroatoms. The number of nitrogens with zero attached hydrogens (tertiary/aromatic N) is 1. The van der Waals surface area contributed by atoms with Gasteiger partial charge < -0.3 is 9.80 Å². The Labute approximate surface area is 142 Å². The van der Waals surface area contributed by atoms with E-state index in [1.165, 1.54) is 103 Å². The van der Waals surface area contributed by atoms with E-state index in [1.807, 2.05) is 0 Å². The minimum atomic E-state index is 0.487. The molecule has 0 unspecified atom stereocenters. The topological polar surface area (TPSA) is 24.8 Å². The number of hydrogen-bond donors (Lipinski definition) is 1. The molecule has 0 aromatic heterocycles. The van der Waals surface area contributed by atoms with Gasteiger partial charge in [-0.1, -0.05) is 38.5 Å². The lowest BCUT2D eigenvalue weighted by Gasteiger charge is -2.42. The molecule has 0 atom stereocenters. The highest BCUT2D eigenvalue weighted by molar-refractivity contribution is 5.78. The Hall–Kier alpha value is -0.570. The number of nitrogens with one attached hydrogen (secondary N) is 1. The first kappa shape index (κ1) is 17.3. The van der Waals surface area contributed by atoms with Crippen molar-refractivity contribution < 1.29 is 9.69 Å². The van der Waals surface area contributed by atoms with Crippen molar-refractivity contribution in [1.29, 1.82) is 0 Å². The van der Waals surface area contributed by atoms with Crippen molar-refractivity contribution >= 4 is 5.91 Å². The molecule has 0 bridgehead atoms. The zero-order valence-electron chi connectivity index (χ0n) is 15.0. The summed E-state index contributed by atoms with van der Waals surface area (Å²) in [5, 5.41) is 0. The van der Waals surface area contributed by atoms with Gasteiger partial charge in [0.15, 0.2) is 6.54 Å². The zero-order valence-corrected chi connectivity index (χ0v) is 15.0. The maximum Gasteiger partial charge on any atom is 0.278 e. The minimum Gasteiger partial charge on any atom is -0.332 e. The van der Waals surface area contributed by atoms with Crippen molar-refractivity contribution in [3.63, 3.8) is 0 Å². The standard InChI is InChI=1S/C20H36N2O/c23-20(17-21-15-9-1-2-10-16-21)22(18-11-5-3-6-12-18)19-13-7-4-8-14-19/h18-19H,1-17H2/p+1. The van der Waals surface area contributed by atoms with Crippen LogP contribution in [0.15, 0.2) is 0 Å². The fourth-order valence-corrected chi connectivity index (χ4v) is 5.13. The largest absolute Gasteiger partial charge is 0.332 e. The predicted molar refractivity (Wildman–Crippen MR) is 94.6 cm³/mol. The summed E-state index contributed by atoms with van der Waals surface area (Å²) in [7, 11) is 0. The molecule has 23 heavy (non-hydrogen) atoms. The van der Waals surface area contributed by atoms with E-state index in [0.29, 0.717) is 18.0 Å². The van der Waals surface area contributed by atoms with Crippen LogP contribution >= 0.6 is 0 Å². The Bertz CT molecular complexity index is 333. The second kappa shape index (κ2) is 9.05. The third kappa shape index (κ3) is 4.95. The van der Waals surface area contributed by atoms with Gasteiger partial charge in [0.05, 0.1) is 13.1 Å². The highest BCUT2D eigenvalue weighted by Gasteiger charge is 2.34. The minimum absolute atomic E-state index is 0.487. The highest BCUT2D eigenvalue weighted by atomic mass is 16.2. The summed E-state index contributed by atoms with van der Waals surface area (Å²) in [6.07, 6.45) is 18.5. The molecule has 1 N–H and O–H groups in total. The van der Waals surface area contributed by atoms with Crippen LogP contribution in [-0.4, -0.2) is 42.5 Å². The van der Waals surface area contributed by atoms with Crippen LogP contribution in [0.4, 0.5) is 0 Å². The van der Waals surface area contributed by atoms with Crippen LogP contribution < -0.4 is 4.90 Å². The van der Waals surface area contributed by atoms with Crippen LogP contribution in [0, 0.1) is 0 Å². The lowest BCUT2D eigenvalue weighted by Crippen LogP contribution is -3.13. The van der Waals surface area contributed by atoms with E-state index >= 15 is 0 Å². The third-order valence-corrected chi connectivity index (χ3v) is 6.44. The van der Waals surface area contributed by atoms with Crippen molar-refractivity contribution in [2.45, 2.75) is 102 Å². The highest BCUT2D eigenvalue weighted by Crippen LogP contribution is 2.30. The number of rotatable bonds is 4. The monoisotopic (exact) mass is 321 g/mol. The summed E-state index contributed by atoms with van der Waals surface area (Å²) in [5.74, 6) is 0.487. The van der Waals surface area contributed by atoms with Crippen LogP contribution in [0.5, 0.6) is 0 Å². The van der Waals surface area contributed by atoms with Gasteiger partial charge in [-0.25, -0.2) is 0 Å². The molecule has 3 fully saturated rings. The van der Waals surface area contributed by atoms with E-state index < -0.39 is 0 Å². The number of carbonyl (C=O) groups is 1. The van der Waals surface area contributed by atoms with Crippen molar-refractivity contribution in [2.75, 3.05) is 19.6 Å². The second-order valence-electron chi connectivity index (χ2n) is 8.23. The summed E-state index contributed by atoms with van der Waals surface area (Å²) in [6.45, 7) is 3.21. The first-order valence-electron chi connectivity index (χ1n) is 10.5. The maximum atomic E-state index is 13.2. The number of likely N-dealkylation sites (tertiary alicyclic amines) is 1. The first-order chi connectivity index (χ1) is 11.3. The van der Waals surface area contributed by atoms with E-state index in [9.17, 15) is 4.79 Å². The predicted octanol–water partition coefficient (Wildman–Crippen LogP) is 2.94. The molecule has 1 amide bonds. The van der Waals surface area contributed by atoms with Gasteiger partial charge in [-0.05, 0) is 51.4 Å². The molecule has 3 rings (SSSR count). The Morgan fingerprint density at radius 2 is 1.13 bits per heavy atom. The Morgan fingerprint density at radius 1 is 0.696 bits per heavy atom. The van der Waals surface area contributed by atoms with Gasteiger partial charge >= 0.3 is 0 Å². The van der Waals surface area contributed by atoms with E-state index in [1.54, 1.807) is 4.90 Å². The average molecular weight is 322 g/mol. The molecule has 2 saturated carbocycles.